The maximum Gasteiger partial charge on any atom is 0.234 e. The Kier molecular flexibility index (Phi) is 3.56. The fraction of sp³-hybridized carbons (Fsp3) is 0.450. The molecule has 1 aromatic carbocycles. The maximum absolute atomic E-state index is 13.0. The van der Waals surface area contributed by atoms with Crippen molar-refractivity contribution in [2.24, 2.45) is 16.7 Å². The summed E-state index contributed by atoms with van der Waals surface area (Å²) in [7, 11) is 0. The fourth-order valence-corrected chi connectivity index (χ4v) is 4.59. The van der Waals surface area contributed by atoms with Gasteiger partial charge in [0.05, 0.1) is 12.0 Å². The van der Waals surface area contributed by atoms with Crippen LogP contribution in [0.15, 0.2) is 49.1 Å². The van der Waals surface area contributed by atoms with E-state index >= 15 is 0 Å². The van der Waals surface area contributed by atoms with Gasteiger partial charge in [0.15, 0.2) is 0 Å². The van der Waals surface area contributed by atoms with Crippen LogP contribution in [0.4, 0.5) is 5.69 Å². The lowest BCUT2D eigenvalue weighted by Gasteiger charge is -2.37. The number of fused-ring (bicyclic) bond motifs is 2. The summed E-state index contributed by atoms with van der Waals surface area (Å²) >= 11 is 0. The van der Waals surface area contributed by atoms with Crippen molar-refractivity contribution in [3.63, 3.8) is 0 Å². The van der Waals surface area contributed by atoms with Crippen molar-refractivity contribution in [2.75, 3.05) is 5.32 Å². The monoisotopic (exact) mass is 336 g/mol. The number of nitrogens with one attached hydrogen (secondary N) is 1. The number of rotatable bonds is 4. The average Bonchev–Trinajstić information content (AvgIpc) is 3.29. The summed E-state index contributed by atoms with van der Waals surface area (Å²) in [6.45, 7) is 9.43. The largest absolute Gasteiger partial charge is 0.325 e. The third-order valence-corrected chi connectivity index (χ3v) is 6.35. The Bertz CT molecular complexity index is 807. The predicted molar refractivity (Wildman–Crippen MR) is 96.9 cm³/mol. The Labute approximate surface area is 148 Å². The van der Waals surface area contributed by atoms with E-state index in [1.165, 1.54) is 6.33 Å². The van der Waals surface area contributed by atoms with Crippen molar-refractivity contribution in [1.82, 2.24) is 14.8 Å². The highest BCUT2D eigenvalue weighted by atomic mass is 16.2. The Hall–Kier alpha value is -2.43. The zero-order valence-corrected chi connectivity index (χ0v) is 14.8. The molecule has 2 aliphatic carbocycles. The summed E-state index contributed by atoms with van der Waals surface area (Å²) in [5, 5.41) is 7.23. The summed E-state index contributed by atoms with van der Waals surface area (Å²) in [5.41, 5.74) is 2.75. The highest BCUT2D eigenvalue weighted by Crippen LogP contribution is 2.65. The van der Waals surface area contributed by atoms with E-state index in [0.717, 1.165) is 36.1 Å². The molecule has 5 nitrogen and oxygen atoms in total. The van der Waals surface area contributed by atoms with Gasteiger partial charge in [0, 0.05) is 5.69 Å². The van der Waals surface area contributed by atoms with Crippen LogP contribution in [0, 0.1) is 16.7 Å². The van der Waals surface area contributed by atoms with Crippen molar-refractivity contribution in [3.8, 4) is 0 Å². The molecule has 1 amide bonds. The number of benzene rings is 1. The third kappa shape index (κ3) is 2.49. The van der Waals surface area contributed by atoms with E-state index in [2.05, 4.69) is 35.8 Å². The van der Waals surface area contributed by atoms with Crippen LogP contribution in [-0.4, -0.2) is 20.7 Å². The van der Waals surface area contributed by atoms with Gasteiger partial charge in [-0.25, -0.2) is 9.67 Å². The third-order valence-electron chi connectivity index (χ3n) is 6.35. The standard InChI is InChI=1S/C20H24N4O/c1-14-19(2,3)16-8-9-20(14,10-16)18(25)23-17-6-4-15(5-7-17)11-24-13-21-12-22-24/h4-7,12-13,16H,1,8-11H2,2-3H3,(H,23,25)/t16-,20+/m1/s1. The number of anilines is 1. The summed E-state index contributed by atoms with van der Waals surface area (Å²) in [6, 6.07) is 7.94. The minimum atomic E-state index is -0.381. The second-order valence-corrected chi connectivity index (χ2v) is 7.97. The Morgan fingerprint density at radius 3 is 2.72 bits per heavy atom. The number of carbonyl (C=O) groups is 1. The summed E-state index contributed by atoms with van der Waals surface area (Å²) in [4.78, 5) is 17.0. The zero-order valence-electron chi connectivity index (χ0n) is 14.8. The molecule has 2 aliphatic rings. The summed E-state index contributed by atoms with van der Waals surface area (Å²) in [6.07, 6.45) is 6.21. The molecule has 2 aromatic rings. The molecule has 4 rings (SSSR count). The minimum absolute atomic E-state index is 0.0667. The smallest absolute Gasteiger partial charge is 0.234 e. The summed E-state index contributed by atoms with van der Waals surface area (Å²) < 4.78 is 1.77. The molecule has 1 N–H and O–H groups in total. The van der Waals surface area contributed by atoms with Crippen molar-refractivity contribution in [2.45, 2.75) is 39.7 Å². The number of amides is 1. The van der Waals surface area contributed by atoms with Gasteiger partial charge in [-0.3, -0.25) is 4.79 Å². The SMILES string of the molecule is C=C1C(C)(C)[C@@H]2CC[C@]1(C(=O)Nc1ccc(Cn3cncn3)cc1)C2. The van der Waals surface area contributed by atoms with Crippen LogP contribution < -0.4 is 5.32 Å². The highest BCUT2D eigenvalue weighted by Gasteiger charge is 2.60. The Morgan fingerprint density at radius 1 is 1.36 bits per heavy atom. The first kappa shape index (κ1) is 16.1. The van der Waals surface area contributed by atoms with Gasteiger partial charge in [-0.05, 0) is 48.3 Å². The van der Waals surface area contributed by atoms with Gasteiger partial charge in [0.1, 0.15) is 12.7 Å². The second-order valence-electron chi connectivity index (χ2n) is 7.97. The average molecular weight is 336 g/mol. The molecule has 130 valence electrons. The normalized spacial score (nSPS) is 26.8. The molecule has 2 bridgehead atoms. The van der Waals surface area contributed by atoms with Gasteiger partial charge in [0.2, 0.25) is 5.91 Å². The molecular weight excluding hydrogens is 312 g/mol. The molecular formula is C20H24N4O. The Balaban J connectivity index is 1.47. The molecule has 2 fully saturated rings. The van der Waals surface area contributed by atoms with Gasteiger partial charge in [0.25, 0.3) is 0 Å². The lowest BCUT2D eigenvalue weighted by molar-refractivity contribution is -0.123. The van der Waals surface area contributed by atoms with Crippen molar-refractivity contribution >= 4 is 11.6 Å². The van der Waals surface area contributed by atoms with E-state index in [-0.39, 0.29) is 16.7 Å². The molecule has 2 saturated carbocycles. The summed E-state index contributed by atoms with van der Waals surface area (Å²) in [5.74, 6) is 0.686. The molecule has 5 heteroatoms. The molecule has 0 radical (unpaired) electrons. The highest BCUT2D eigenvalue weighted by molar-refractivity contribution is 5.98. The number of carbonyl (C=O) groups excluding carboxylic acids is 1. The number of hydrogen-bond acceptors (Lipinski definition) is 3. The quantitative estimate of drug-likeness (QED) is 0.867. The van der Waals surface area contributed by atoms with Crippen LogP contribution in [-0.2, 0) is 11.3 Å². The second kappa shape index (κ2) is 5.55. The van der Waals surface area contributed by atoms with Crippen LogP contribution in [0.2, 0.25) is 0 Å². The molecule has 1 heterocycles. The van der Waals surface area contributed by atoms with E-state index < -0.39 is 0 Å². The molecule has 2 atom stereocenters. The molecule has 25 heavy (non-hydrogen) atoms. The van der Waals surface area contributed by atoms with E-state index in [1.54, 1.807) is 11.0 Å². The molecule has 0 spiro atoms. The predicted octanol–water partition coefficient (Wildman–Crippen LogP) is 3.65. The number of hydrogen-bond donors (Lipinski definition) is 1. The van der Waals surface area contributed by atoms with Gasteiger partial charge < -0.3 is 5.32 Å². The van der Waals surface area contributed by atoms with Gasteiger partial charge in [-0.15, -0.1) is 0 Å². The van der Waals surface area contributed by atoms with Gasteiger partial charge >= 0.3 is 0 Å². The first-order valence-electron chi connectivity index (χ1n) is 8.84. The van der Waals surface area contributed by atoms with Crippen LogP contribution in [0.3, 0.4) is 0 Å². The van der Waals surface area contributed by atoms with E-state index in [9.17, 15) is 4.79 Å². The first-order valence-corrected chi connectivity index (χ1v) is 8.84. The molecule has 0 aliphatic heterocycles. The van der Waals surface area contributed by atoms with Gasteiger partial charge in [-0.2, -0.15) is 5.10 Å². The molecule has 1 aromatic heterocycles. The van der Waals surface area contributed by atoms with E-state index in [0.29, 0.717) is 12.5 Å². The van der Waals surface area contributed by atoms with E-state index in [1.807, 2.05) is 24.3 Å². The van der Waals surface area contributed by atoms with Gasteiger partial charge in [-0.1, -0.05) is 38.1 Å². The van der Waals surface area contributed by atoms with Crippen molar-refractivity contribution < 1.29 is 4.79 Å². The van der Waals surface area contributed by atoms with Crippen molar-refractivity contribution in [3.05, 3.63) is 54.6 Å². The lowest BCUT2D eigenvalue weighted by Crippen LogP contribution is -2.37. The first-order chi connectivity index (χ1) is 11.9. The van der Waals surface area contributed by atoms with E-state index in [4.69, 9.17) is 0 Å². The minimum Gasteiger partial charge on any atom is -0.325 e. The lowest BCUT2D eigenvalue weighted by atomic mass is 9.68. The number of nitrogens with zero attached hydrogens (tertiary/aromatic N) is 3. The van der Waals surface area contributed by atoms with Crippen LogP contribution in [0.5, 0.6) is 0 Å². The topological polar surface area (TPSA) is 59.8 Å². The zero-order chi connectivity index (χ0) is 17.7. The molecule has 0 unspecified atom stereocenters. The number of aromatic nitrogens is 3. The van der Waals surface area contributed by atoms with Crippen LogP contribution in [0.25, 0.3) is 0 Å². The van der Waals surface area contributed by atoms with Crippen LogP contribution in [0.1, 0.15) is 38.7 Å². The maximum atomic E-state index is 13.0. The van der Waals surface area contributed by atoms with Crippen LogP contribution >= 0.6 is 0 Å². The molecule has 0 saturated heterocycles. The Morgan fingerprint density at radius 2 is 2.12 bits per heavy atom. The van der Waals surface area contributed by atoms with Crippen molar-refractivity contribution in [1.29, 1.82) is 0 Å². The fourth-order valence-electron chi connectivity index (χ4n) is 4.59.